The molecule has 4 N–H and O–H groups in total. The molecule has 2 rings (SSSR count). The molecule has 22 heavy (non-hydrogen) atoms. The first-order valence-corrected chi connectivity index (χ1v) is 8.46. The monoisotopic (exact) mass is 343 g/mol. The van der Waals surface area contributed by atoms with Crippen LogP contribution in [0.5, 0.6) is 0 Å². The van der Waals surface area contributed by atoms with Gasteiger partial charge < -0.3 is 16.4 Å². The predicted molar refractivity (Wildman–Crippen MR) is 94.6 cm³/mol. The van der Waals surface area contributed by atoms with E-state index in [1.165, 1.54) is 0 Å². The number of hydrogen-bond acceptors (Lipinski definition) is 4. The molecule has 0 aromatic heterocycles. The standard InChI is InChI=1S/C15H21N3O2S.ClH/c1-21-8-7-13(16)15(20)18-12-4-2-3-11(9-12)17-14(19)10-5-6-10;/h2-4,9-10,13H,5-8,16H2,1H3,(H,17,19)(H,18,20);1H/t13-;/m0./s1. The van der Waals surface area contributed by atoms with Gasteiger partial charge in [-0.05, 0) is 49.5 Å². The number of halogens is 1. The van der Waals surface area contributed by atoms with Crippen molar-refractivity contribution < 1.29 is 9.59 Å². The summed E-state index contributed by atoms with van der Waals surface area (Å²) in [4.78, 5) is 23.7. The molecule has 1 fully saturated rings. The van der Waals surface area contributed by atoms with E-state index < -0.39 is 6.04 Å². The summed E-state index contributed by atoms with van der Waals surface area (Å²) in [6.07, 6.45) is 4.56. The van der Waals surface area contributed by atoms with E-state index in [1.54, 1.807) is 30.0 Å². The van der Waals surface area contributed by atoms with Crippen molar-refractivity contribution in [3.8, 4) is 0 Å². The molecule has 0 radical (unpaired) electrons. The van der Waals surface area contributed by atoms with Crippen LogP contribution in [0.3, 0.4) is 0 Å². The Kier molecular flexibility index (Phi) is 7.72. The molecule has 1 atom stereocenters. The van der Waals surface area contributed by atoms with Crippen molar-refractivity contribution in [2.75, 3.05) is 22.6 Å². The van der Waals surface area contributed by atoms with Gasteiger partial charge >= 0.3 is 0 Å². The minimum absolute atomic E-state index is 0. The van der Waals surface area contributed by atoms with Crippen LogP contribution in [0, 0.1) is 5.92 Å². The zero-order valence-electron chi connectivity index (χ0n) is 12.5. The Morgan fingerprint density at radius 2 is 1.95 bits per heavy atom. The van der Waals surface area contributed by atoms with Crippen LogP contribution in [0.2, 0.25) is 0 Å². The van der Waals surface area contributed by atoms with Gasteiger partial charge in [-0.15, -0.1) is 12.4 Å². The minimum atomic E-state index is -0.512. The molecular formula is C15H22ClN3O2S. The van der Waals surface area contributed by atoms with Crippen molar-refractivity contribution in [2.45, 2.75) is 25.3 Å². The number of carbonyl (C=O) groups is 2. The minimum Gasteiger partial charge on any atom is -0.326 e. The van der Waals surface area contributed by atoms with E-state index in [9.17, 15) is 9.59 Å². The van der Waals surface area contributed by atoms with Crippen LogP contribution in [0.4, 0.5) is 11.4 Å². The first-order chi connectivity index (χ1) is 10.1. The van der Waals surface area contributed by atoms with E-state index >= 15 is 0 Å². The summed E-state index contributed by atoms with van der Waals surface area (Å²) >= 11 is 1.66. The van der Waals surface area contributed by atoms with Gasteiger partial charge in [0.25, 0.3) is 0 Å². The van der Waals surface area contributed by atoms with Crippen molar-refractivity contribution in [3.63, 3.8) is 0 Å². The molecule has 0 spiro atoms. The lowest BCUT2D eigenvalue weighted by Gasteiger charge is -2.12. The van der Waals surface area contributed by atoms with E-state index in [1.807, 2.05) is 12.3 Å². The van der Waals surface area contributed by atoms with Crippen LogP contribution >= 0.6 is 24.2 Å². The molecule has 1 aliphatic carbocycles. The summed E-state index contributed by atoms with van der Waals surface area (Å²) < 4.78 is 0. The Labute approximate surface area is 141 Å². The Balaban J connectivity index is 0.00000242. The normalized spacial score (nSPS) is 14.6. The largest absolute Gasteiger partial charge is 0.326 e. The molecule has 1 aliphatic rings. The lowest BCUT2D eigenvalue weighted by atomic mass is 10.2. The molecule has 2 amide bonds. The van der Waals surface area contributed by atoms with Crippen LogP contribution in [0.1, 0.15) is 19.3 Å². The third-order valence-electron chi connectivity index (χ3n) is 3.32. The molecule has 1 aromatic rings. The van der Waals surface area contributed by atoms with Gasteiger partial charge in [0.15, 0.2) is 0 Å². The zero-order valence-corrected chi connectivity index (χ0v) is 14.1. The second-order valence-electron chi connectivity index (χ2n) is 5.22. The Morgan fingerprint density at radius 1 is 1.32 bits per heavy atom. The average Bonchev–Trinajstić information content (AvgIpc) is 3.29. The van der Waals surface area contributed by atoms with E-state index in [0.29, 0.717) is 17.8 Å². The number of amides is 2. The molecule has 0 heterocycles. The summed E-state index contributed by atoms with van der Waals surface area (Å²) in [5, 5.41) is 5.64. The van der Waals surface area contributed by atoms with Crippen LogP contribution in [-0.2, 0) is 9.59 Å². The van der Waals surface area contributed by atoms with Crippen molar-refractivity contribution in [1.82, 2.24) is 0 Å². The molecule has 0 bridgehead atoms. The smallest absolute Gasteiger partial charge is 0.241 e. The maximum Gasteiger partial charge on any atom is 0.241 e. The van der Waals surface area contributed by atoms with Crippen LogP contribution in [-0.4, -0.2) is 29.9 Å². The molecular weight excluding hydrogens is 322 g/mol. The van der Waals surface area contributed by atoms with Crippen molar-refractivity contribution >= 4 is 47.4 Å². The van der Waals surface area contributed by atoms with Crippen molar-refractivity contribution in [2.24, 2.45) is 11.7 Å². The third kappa shape index (κ3) is 5.87. The summed E-state index contributed by atoms with van der Waals surface area (Å²) in [6.45, 7) is 0. The van der Waals surface area contributed by atoms with E-state index in [2.05, 4.69) is 10.6 Å². The molecule has 1 aromatic carbocycles. The summed E-state index contributed by atoms with van der Waals surface area (Å²) in [5.41, 5.74) is 7.17. The molecule has 122 valence electrons. The molecule has 0 unspecified atom stereocenters. The fourth-order valence-corrected chi connectivity index (χ4v) is 2.37. The summed E-state index contributed by atoms with van der Waals surface area (Å²) in [5.74, 6) is 0.861. The SMILES string of the molecule is CSCC[C@H](N)C(=O)Nc1cccc(NC(=O)C2CC2)c1.Cl. The highest BCUT2D eigenvalue weighted by Gasteiger charge is 2.29. The van der Waals surface area contributed by atoms with Gasteiger partial charge in [-0.25, -0.2) is 0 Å². The number of anilines is 2. The number of hydrogen-bond donors (Lipinski definition) is 3. The van der Waals surface area contributed by atoms with Gasteiger partial charge in [-0.3, -0.25) is 9.59 Å². The van der Waals surface area contributed by atoms with Crippen LogP contribution in [0.15, 0.2) is 24.3 Å². The van der Waals surface area contributed by atoms with E-state index in [0.717, 1.165) is 18.6 Å². The van der Waals surface area contributed by atoms with Crippen molar-refractivity contribution in [1.29, 1.82) is 0 Å². The zero-order chi connectivity index (χ0) is 15.2. The number of thioether (sulfide) groups is 1. The molecule has 1 saturated carbocycles. The summed E-state index contributed by atoms with van der Waals surface area (Å²) in [7, 11) is 0. The van der Waals surface area contributed by atoms with Gasteiger partial charge in [0, 0.05) is 17.3 Å². The number of nitrogens with two attached hydrogens (primary N) is 1. The van der Waals surface area contributed by atoms with Crippen LogP contribution in [0.25, 0.3) is 0 Å². The highest BCUT2D eigenvalue weighted by atomic mass is 35.5. The first kappa shape index (κ1) is 18.8. The van der Waals surface area contributed by atoms with Gasteiger partial charge in [-0.1, -0.05) is 6.07 Å². The third-order valence-corrected chi connectivity index (χ3v) is 3.96. The molecule has 7 heteroatoms. The van der Waals surface area contributed by atoms with Crippen LogP contribution < -0.4 is 16.4 Å². The summed E-state index contributed by atoms with van der Waals surface area (Å²) in [6, 6.07) is 6.63. The Morgan fingerprint density at radius 3 is 2.55 bits per heavy atom. The Hall–Kier alpha value is -1.24. The fourth-order valence-electron chi connectivity index (χ4n) is 1.88. The van der Waals surface area contributed by atoms with Gasteiger partial charge in [0.2, 0.25) is 11.8 Å². The second kappa shape index (κ2) is 9.02. The number of benzene rings is 1. The lowest BCUT2D eigenvalue weighted by Crippen LogP contribution is -2.36. The second-order valence-corrected chi connectivity index (χ2v) is 6.21. The lowest BCUT2D eigenvalue weighted by molar-refractivity contribution is -0.118. The van der Waals surface area contributed by atoms with Crippen molar-refractivity contribution in [3.05, 3.63) is 24.3 Å². The first-order valence-electron chi connectivity index (χ1n) is 7.06. The highest BCUT2D eigenvalue weighted by Crippen LogP contribution is 2.30. The topological polar surface area (TPSA) is 84.2 Å². The number of nitrogens with one attached hydrogen (secondary N) is 2. The molecule has 5 nitrogen and oxygen atoms in total. The molecule has 0 saturated heterocycles. The van der Waals surface area contributed by atoms with Gasteiger partial charge in [0.05, 0.1) is 6.04 Å². The van der Waals surface area contributed by atoms with Gasteiger partial charge in [0.1, 0.15) is 0 Å². The quantitative estimate of drug-likeness (QED) is 0.710. The number of rotatable bonds is 7. The number of carbonyl (C=O) groups excluding carboxylic acids is 2. The maximum atomic E-state index is 11.9. The highest BCUT2D eigenvalue weighted by molar-refractivity contribution is 7.98. The van der Waals surface area contributed by atoms with E-state index in [-0.39, 0.29) is 30.1 Å². The average molecular weight is 344 g/mol. The maximum absolute atomic E-state index is 11.9. The van der Waals surface area contributed by atoms with E-state index in [4.69, 9.17) is 5.73 Å². The predicted octanol–water partition coefficient (Wildman–Crippen LogP) is 2.48. The molecule has 0 aliphatic heterocycles. The van der Waals surface area contributed by atoms with Gasteiger partial charge in [-0.2, -0.15) is 11.8 Å². The fraction of sp³-hybridized carbons (Fsp3) is 0.467. The Bertz CT molecular complexity index is 523.